The summed E-state index contributed by atoms with van der Waals surface area (Å²) in [6.07, 6.45) is 7.30. The zero-order valence-electron chi connectivity index (χ0n) is 16.3. The van der Waals surface area contributed by atoms with E-state index in [1.54, 1.807) is 4.90 Å². The molecule has 0 N–H and O–H groups in total. The summed E-state index contributed by atoms with van der Waals surface area (Å²) in [5, 5.41) is 0. The highest BCUT2D eigenvalue weighted by atomic mass is 16.5. The standard InChI is InChI=1S/C20H35N3O3/c1-21-10-4-17(5-11-21)18-6-12-22(13-7-18)14-8-20(25)26-16-15-23-9-2-3-19(23)24/h17-18H,2-16H2,1H3. The topological polar surface area (TPSA) is 53.1 Å². The lowest BCUT2D eigenvalue weighted by Gasteiger charge is -2.39. The molecule has 3 aliphatic rings. The van der Waals surface area contributed by atoms with Crippen LogP contribution in [0, 0.1) is 11.8 Å². The summed E-state index contributed by atoms with van der Waals surface area (Å²) in [7, 11) is 2.22. The molecule has 3 aliphatic heterocycles. The van der Waals surface area contributed by atoms with Gasteiger partial charge in [0.1, 0.15) is 6.61 Å². The third kappa shape index (κ3) is 5.68. The van der Waals surface area contributed by atoms with Crippen molar-refractivity contribution in [3.63, 3.8) is 0 Å². The van der Waals surface area contributed by atoms with Crippen LogP contribution in [0.1, 0.15) is 44.9 Å². The van der Waals surface area contributed by atoms with E-state index in [2.05, 4.69) is 16.8 Å². The third-order valence-electron chi connectivity index (χ3n) is 6.49. The predicted octanol–water partition coefficient (Wildman–Crippen LogP) is 1.60. The van der Waals surface area contributed by atoms with Crippen molar-refractivity contribution < 1.29 is 14.3 Å². The Kier molecular flexibility index (Phi) is 7.32. The first-order chi connectivity index (χ1) is 12.6. The number of carbonyl (C=O) groups excluding carboxylic acids is 2. The Balaban J connectivity index is 1.25. The van der Waals surface area contributed by atoms with Gasteiger partial charge < -0.3 is 19.4 Å². The molecule has 0 saturated carbocycles. The lowest BCUT2D eigenvalue weighted by atomic mass is 9.79. The van der Waals surface area contributed by atoms with E-state index in [-0.39, 0.29) is 11.9 Å². The van der Waals surface area contributed by atoms with Crippen molar-refractivity contribution in [1.29, 1.82) is 0 Å². The average Bonchev–Trinajstić information content (AvgIpc) is 3.06. The van der Waals surface area contributed by atoms with Gasteiger partial charge >= 0.3 is 5.97 Å². The monoisotopic (exact) mass is 365 g/mol. The van der Waals surface area contributed by atoms with E-state index in [9.17, 15) is 9.59 Å². The van der Waals surface area contributed by atoms with Crippen LogP contribution in [-0.2, 0) is 14.3 Å². The first-order valence-electron chi connectivity index (χ1n) is 10.5. The molecule has 0 aromatic carbocycles. The van der Waals surface area contributed by atoms with Gasteiger partial charge in [0.25, 0.3) is 0 Å². The van der Waals surface area contributed by atoms with Gasteiger partial charge in [-0.15, -0.1) is 0 Å². The third-order valence-corrected chi connectivity index (χ3v) is 6.49. The highest BCUT2D eigenvalue weighted by Crippen LogP contribution is 2.32. The normalized spacial score (nSPS) is 24.3. The SMILES string of the molecule is CN1CCC(C2CCN(CCC(=O)OCCN3CCCC3=O)CC2)CC1. The van der Waals surface area contributed by atoms with Crippen molar-refractivity contribution >= 4 is 11.9 Å². The Hall–Kier alpha value is -1.14. The van der Waals surface area contributed by atoms with Crippen molar-refractivity contribution in [3.8, 4) is 0 Å². The van der Waals surface area contributed by atoms with Gasteiger partial charge in [-0.2, -0.15) is 0 Å². The van der Waals surface area contributed by atoms with E-state index in [1.807, 2.05) is 0 Å². The number of hydrogen-bond acceptors (Lipinski definition) is 5. The van der Waals surface area contributed by atoms with Crippen molar-refractivity contribution in [2.45, 2.75) is 44.9 Å². The first kappa shape index (κ1) is 19.6. The molecule has 3 rings (SSSR count). The second kappa shape index (κ2) is 9.70. The molecular formula is C20H35N3O3. The second-order valence-electron chi connectivity index (χ2n) is 8.27. The minimum atomic E-state index is -0.130. The van der Waals surface area contributed by atoms with E-state index in [0.717, 1.165) is 44.4 Å². The van der Waals surface area contributed by atoms with Gasteiger partial charge in [0.05, 0.1) is 13.0 Å². The number of esters is 1. The number of rotatable bonds is 7. The van der Waals surface area contributed by atoms with Gasteiger partial charge in [0.2, 0.25) is 5.91 Å². The molecule has 3 saturated heterocycles. The predicted molar refractivity (Wildman–Crippen MR) is 101 cm³/mol. The summed E-state index contributed by atoms with van der Waals surface area (Å²) < 4.78 is 5.31. The van der Waals surface area contributed by atoms with Gasteiger partial charge in [-0.25, -0.2) is 0 Å². The highest BCUT2D eigenvalue weighted by Gasteiger charge is 2.28. The van der Waals surface area contributed by atoms with Crippen molar-refractivity contribution in [2.24, 2.45) is 11.8 Å². The lowest BCUT2D eigenvalue weighted by Crippen LogP contribution is -2.40. The maximum atomic E-state index is 11.9. The molecular weight excluding hydrogens is 330 g/mol. The molecule has 0 unspecified atom stereocenters. The van der Waals surface area contributed by atoms with Gasteiger partial charge in [0.15, 0.2) is 0 Å². The number of hydrogen-bond donors (Lipinski definition) is 0. The van der Waals surface area contributed by atoms with E-state index in [4.69, 9.17) is 4.74 Å². The first-order valence-corrected chi connectivity index (χ1v) is 10.5. The minimum absolute atomic E-state index is 0.130. The minimum Gasteiger partial charge on any atom is -0.464 e. The molecule has 148 valence electrons. The summed E-state index contributed by atoms with van der Waals surface area (Å²) in [6, 6.07) is 0. The molecule has 26 heavy (non-hydrogen) atoms. The molecule has 0 aromatic heterocycles. The lowest BCUT2D eigenvalue weighted by molar-refractivity contribution is -0.145. The number of amides is 1. The quantitative estimate of drug-likeness (QED) is 0.642. The summed E-state index contributed by atoms with van der Waals surface area (Å²) in [5.41, 5.74) is 0. The summed E-state index contributed by atoms with van der Waals surface area (Å²) in [6.45, 7) is 7.23. The van der Waals surface area contributed by atoms with Crippen LogP contribution in [0.2, 0.25) is 0 Å². The van der Waals surface area contributed by atoms with Crippen LogP contribution in [-0.4, -0.2) is 86.0 Å². The maximum Gasteiger partial charge on any atom is 0.307 e. The smallest absolute Gasteiger partial charge is 0.307 e. The zero-order chi connectivity index (χ0) is 18.4. The Morgan fingerprint density at radius 1 is 1.00 bits per heavy atom. The molecule has 0 spiro atoms. The van der Waals surface area contributed by atoms with Crippen LogP contribution in [0.5, 0.6) is 0 Å². The highest BCUT2D eigenvalue weighted by molar-refractivity contribution is 5.78. The van der Waals surface area contributed by atoms with Crippen LogP contribution < -0.4 is 0 Å². The Labute approximate surface area is 157 Å². The molecule has 6 nitrogen and oxygen atoms in total. The van der Waals surface area contributed by atoms with Crippen LogP contribution >= 0.6 is 0 Å². The molecule has 3 fully saturated rings. The molecule has 1 amide bonds. The molecule has 6 heteroatoms. The Bertz CT molecular complexity index is 469. The van der Waals surface area contributed by atoms with Crippen LogP contribution in [0.3, 0.4) is 0 Å². The van der Waals surface area contributed by atoms with E-state index >= 15 is 0 Å². The number of ether oxygens (including phenoxy) is 1. The van der Waals surface area contributed by atoms with Crippen LogP contribution in [0.15, 0.2) is 0 Å². The summed E-state index contributed by atoms with van der Waals surface area (Å²) in [4.78, 5) is 30.1. The zero-order valence-corrected chi connectivity index (χ0v) is 16.3. The van der Waals surface area contributed by atoms with Crippen molar-refractivity contribution in [2.75, 3.05) is 59.5 Å². The molecule has 0 aliphatic carbocycles. The Morgan fingerprint density at radius 2 is 1.65 bits per heavy atom. The molecule has 0 radical (unpaired) electrons. The number of piperidine rings is 2. The van der Waals surface area contributed by atoms with Gasteiger partial charge in [-0.05, 0) is 77.2 Å². The number of carbonyl (C=O) groups is 2. The fourth-order valence-electron chi connectivity index (χ4n) is 4.68. The van der Waals surface area contributed by atoms with Crippen molar-refractivity contribution in [3.05, 3.63) is 0 Å². The fraction of sp³-hybridized carbons (Fsp3) is 0.900. The van der Waals surface area contributed by atoms with E-state index < -0.39 is 0 Å². The number of likely N-dealkylation sites (tertiary alicyclic amines) is 3. The van der Waals surface area contributed by atoms with Gasteiger partial charge in [0, 0.05) is 19.5 Å². The Morgan fingerprint density at radius 3 is 2.27 bits per heavy atom. The van der Waals surface area contributed by atoms with Gasteiger partial charge in [-0.1, -0.05) is 0 Å². The molecule has 0 aromatic rings. The maximum absolute atomic E-state index is 11.9. The largest absolute Gasteiger partial charge is 0.464 e. The van der Waals surface area contributed by atoms with E-state index in [1.165, 1.54) is 38.8 Å². The average molecular weight is 366 g/mol. The summed E-state index contributed by atoms with van der Waals surface area (Å²) in [5.74, 6) is 1.85. The summed E-state index contributed by atoms with van der Waals surface area (Å²) >= 11 is 0. The fourth-order valence-corrected chi connectivity index (χ4v) is 4.68. The van der Waals surface area contributed by atoms with Crippen LogP contribution in [0.4, 0.5) is 0 Å². The van der Waals surface area contributed by atoms with Gasteiger partial charge in [-0.3, -0.25) is 9.59 Å². The molecule has 0 bridgehead atoms. The number of nitrogens with zero attached hydrogens (tertiary/aromatic N) is 3. The van der Waals surface area contributed by atoms with Crippen molar-refractivity contribution in [1.82, 2.24) is 14.7 Å². The molecule has 0 atom stereocenters. The second-order valence-corrected chi connectivity index (χ2v) is 8.27. The van der Waals surface area contributed by atoms with Crippen LogP contribution in [0.25, 0.3) is 0 Å². The van der Waals surface area contributed by atoms with E-state index in [0.29, 0.717) is 26.0 Å². The molecule has 3 heterocycles.